The third kappa shape index (κ3) is 3.55. The van der Waals surface area contributed by atoms with Crippen LogP contribution in [0.5, 0.6) is 0 Å². The lowest BCUT2D eigenvalue weighted by Gasteiger charge is -2.31. The van der Waals surface area contributed by atoms with Crippen molar-refractivity contribution in [3.05, 3.63) is 93.2 Å². The molecule has 2 nitrogen and oxygen atoms in total. The first-order chi connectivity index (χ1) is 12.6. The minimum atomic E-state index is 0.169. The van der Waals surface area contributed by atoms with Crippen molar-refractivity contribution in [3.8, 4) is 0 Å². The number of aryl methyl sites for hydroxylation is 2. The Morgan fingerprint density at radius 1 is 0.962 bits per heavy atom. The highest BCUT2D eigenvalue weighted by Crippen LogP contribution is 2.35. The van der Waals surface area contributed by atoms with Crippen LogP contribution in [0.1, 0.15) is 34.8 Å². The Hall–Kier alpha value is -1.74. The number of nitrogens with zero attached hydrogens (tertiary/aromatic N) is 2. The fourth-order valence-electron chi connectivity index (χ4n) is 3.92. The molecular weight excluding hydrogens is 363 g/mol. The van der Waals surface area contributed by atoms with Gasteiger partial charge >= 0.3 is 0 Å². The highest BCUT2D eigenvalue weighted by molar-refractivity contribution is 6.42. The lowest BCUT2D eigenvalue weighted by atomic mass is 10.0. The van der Waals surface area contributed by atoms with Crippen LogP contribution < -0.4 is 0 Å². The number of halogens is 2. The zero-order valence-corrected chi connectivity index (χ0v) is 16.3. The van der Waals surface area contributed by atoms with E-state index in [1.807, 2.05) is 12.1 Å². The number of aromatic nitrogens is 1. The average molecular weight is 385 g/mol. The summed E-state index contributed by atoms with van der Waals surface area (Å²) in [6.07, 6.45) is 3.31. The van der Waals surface area contributed by atoms with Gasteiger partial charge in [0, 0.05) is 31.5 Å². The molecule has 0 radical (unpaired) electrons. The maximum Gasteiger partial charge on any atom is 0.0759 e. The second-order valence-corrected chi connectivity index (χ2v) is 7.83. The highest BCUT2D eigenvalue weighted by atomic mass is 35.5. The molecular formula is C22H22Cl2N2. The maximum absolute atomic E-state index is 6.35. The van der Waals surface area contributed by atoms with E-state index in [1.54, 1.807) is 0 Å². The largest absolute Gasteiger partial charge is 0.350 e. The van der Waals surface area contributed by atoms with Gasteiger partial charge in [0.15, 0.2) is 0 Å². The van der Waals surface area contributed by atoms with Gasteiger partial charge in [-0.1, -0.05) is 59.1 Å². The molecule has 26 heavy (non-hydrogen) atoms. The molecule has 0 aliphatic carbocycles. The second-order valence-electron chi connectivity index (χ2n) is 7.02. The first-order valence-electron chi connectivity index (χ1n) is 9.01. The summed E-state index contributed by atoms with van der Waals surface area (Å²) in [6.45, 7) is 5.15. The standard InChI is InChI=1S/C22H22Cl2N2/c1-16-5-2-6-17(13-16)15-26-12-4-11-25-10-3-7-21(25)22(26)18-8-9-19(23)20(24)14-18/h2-3,5-10,13-14,22H,4,11-12,15H2,1H3. The summed E-state index contributed by atoms with van der Waals surface area (Å²) in [5.74, 6) is 0. The topological polar surface area (TPSA) is 8.17 Å². The molecule has 4 heteroatoms. The van der Waals surface area contributed by atoms with Crippen LogP contribution in [0.25, 0.3) is 0 Å². The van der Waals surface area contributed by atoms with Crippen molar-refractivity contribution in [2.75, 3.05) is 6.54 Å². The lowest BCUT2D eigenvalue weighted by molar-refractivity contribution is 0.220. The van der Waals surface area contributed by atoms with Gasteiger partial charge in [-0.2, -0.15) is 0 Å². The van der Waals surface area contributed by atoms with E-state index in [4.69, 9.17) is 23.2 Å². The predicted octanol–water partition coefficient (Wildman–Crippen LogP) is 6.10. The SMILES string of the molecule is Cc1cccc(CN2CCCn3cccc3C2c2ccc(Cl)c(Cl)c2)c1. The summed E-state index contributed by atoms with van der Waals surface area (Å²) >= 11 is 12.5. The fraction of sp³-hybridized carbons (Fsp3) is 0.273. The smallest absolute Gasteiger partial charge is 0.0759 e. The molecule has 1 atom stereocenters. The van der Waals surface area contributed by atoms with Crippen molar-refractivity contribution in [2.24, 2.45) is 0 Å². The fourth-order valence-corrected chi connectivity index (χ4v) is 4.23. The second kappa shape index (κ2) is 7.48. The van der Waals surface area contributed by atoms with Crippen LogP contribution >= 0.6 is 23.2 Å². The summed E-state index contributed by atoms with van der Waals surface area (Å²) in [7, 11) is 0. The molecule has 0 bridgehead atoms. The monoisotopic (exact) mass is 384 g/mol. The van der Waals surface area contributed by atoms with Gasteiger partial charge in [-0.3, -0.25) is 4.90 Å². The Balaban J connectivity index is 1.76. The van der Waals surface area contributed by atoms with Gasteiger partial charge in [0.1, 0.15) is 0 Å². The van der Waals surface area contributed by atoms with E-state index in [2.05, 4.69) is 65.1 Å². The Bertz CT molecular complexity index is 916. The van der Waals surface area contributed by atoms with E-state index in [-0.39, 0.29) is 6.04 Å². The van der Waals surface area contributed by atoms with Crippen LogP contribution in [0.15, 0.2) is 60.8 Å². The molecule has 0 saturated carbocycles. The average Bonchev–Trinajstić information content (AvgIpc) is 3.00. The van der Waals surface area contributed by atoms with E-state index in [1.165, 1.54) is 22.4 Å². The molecule has 134 valence electrons. The minimum Gasteiger partial charge on any atom is -0.350 e. The summed E-state index contributed by atoms with van der Waals surface area (Å²) in [6, 6.07) is 19.3. The van der Waals surface area contributed by atoms with E-state index in [9.17, 15) is 0 Å². The number of fused-ring (bicyclic) bond motifs is 1. The zero-order valence-electron chi connectivity index (χ0n) is 14.8. The molecule has 2 aromatic carbocycles. The van der Waals surface area contributed by atoms with Crippen LogP contribution in [-0.2, 0) is 13.1 Å². The van der Waals surface area contributed by atoms with Crippen molar-refractivity contribution < 1.29 is 0 Å². The number of benzene rings is 2. The number of rotatable bonds is 3. The van der Waals surface area contributed by atoms with Crippen LogP contribution in [0, 0.1) is 6.92 Å². The molecule has 1 unspecified atom stereocenters. The zero-order chi connectivity index (χ0) is 18.1. The molecule has 1 aromatic heterocycles. The molecule has 0 N–H and O–H groups in total. The maximum atomic E-state index is 6.35. The third-order valence-corrected chi connectivity index (χ3v) is 5.82. The van der Waals surface area contributed by atoms with Crippen molar-refractivity contribution in [1.82, 2.24) is 9.47 Å². The first-order valence-corrected chi connectivity index (χ1v) is 9.77. The van der Waals surface area contributed by atoms with Crippen LogP contribution in [0.4, 0.5) is 0 Å². The van der Waals surface area contributed by atoms with Crippen LogP contribution in [0.3, 0.4) is 0 Å². The summed E-state index contributed by atoms with van der Waals surface area (Å²) in [4.78, 5) is 2.55. The normalized spacial score (nSPS) is 17.7. The Labute approximate surface area is 165 Å². The molecule has 2 heterocycles. The molecule has 4 rings (SSSR count). The van der Waals surface area contributed by atoms with Gasteiger partial charge in [0.25, 0.3) is 0 Å². The van der Waals surface area contributed by atoms with Gasteiger partial charge in [-0.15, -0.1) is 0 Å². The van der Waals surface area contributed by atoms with Crippen molar-refractivity contribution >= 4 is 23.2 Å². The summed E-state index contributed by atoms with van der Waals surface area (Å²) < 4.78 is 2.36. The van der Waals surface area contributed by atoms with Crippen molar-refractivity contribution in [1.29, 1.82) is 0 Å². The Morgan fingerprint density at radius 3 is 2.65 bits per heavy atom. The highest BCUT2D eigenvalue weighted by Gasteiger charge is 2.27. The van der Waals surface area contributed by atoms with Gasteiger partial charge in [-0.05, 0) is 48.7 Å². The molecule has 1 aliphatic rings. The van der Waals surface area contributed by atoms with E-state index in [0.29, 0.717) is 10.0 Å². The Kier molecular flexibility index (Phi) is 5.08. The minimum absolute atomic E-state index is 0.169. The number of hydrogen-bond acceptors (Lipinski definition) is 1. The molecule has 0 spiro atoms. The van der Waals surface area contributed by atoms with Crippen LogP contribution in [-0.4, -0.2) is 16.0 Å². The first kappa shape index (κ1) is 17.7. The summed E-state index contributed by atoms with van der Waals surface area (Å²) in [5, 5.41) is 1.21. The van der Waals surface area contributed by atoms with Crippen molar-refractivity contribution in [2.45, 2.75) is 32.5 Å². The van der Waals surface area contributed by atoms with E-state index >= 15 is 0 Å². The molecule has 3 aromatic rings. The number of hydrogen-bond donors (Lipinski definition) is 0. The van der Waals surface area contributed by atoms with Gasteiger partial charge in [0.05, 0.1) is 16.1 Å². The van der Waals surface area contributed by atoms with E-state index < -0.39 is 0 Å². The molecule has 0 fully saturated rings. The van der Waals surface area contributed by atoms with Gasteiger partial charge in [0.2, 0.25) is 0 Å². The van der Waals surface area contributed by atoms with Gasteiger partial charge < -0.3 is 4.57 Å². The summed E-state index contributed by atoms with van der Waals surface area (Å²) in [5.41, 5.74) is 5.14. The third-order valence-electron chi connectivity index (χ3n) is 5.08. The molecule has 0 saturated heterocycles. The van der Waals surface area contributed by atoms with E-state index in [0.717, 1.165) is 26.1 Å². The Morgan fingerprint density at radius 2 is 1.85 bits per heavy atom. The quantitative estimate of drug-likeness (QED) is 0.529. The molecule has 1 aliphatic heterocycles. The van der Waals surface area contributed by atoms with Crippen molar-refractivity contribution in [3.63, 3.8) is 0 Å². The van der Waals surface area contributed by atoms with Gasteiger partial charge in [-0.25, -0.2) is 0 Å². The lowest BCUT2D eigenvalue weighted by Crippen LogP contribution is -2.29. The predicted molar refractivity (Wildman–Crippen MR) is 109 cm³/mol. The molecule has 0 amide bonds. The van der Waals surface area contributed by atoms with Crippen LogP contribution in [0.2, 0.25) is 10.0 Å².